The largest absolute Gasteiger partial charge is 0.379 e. The Morgan fingerprint density at radius 2 is 1.88 bits per heavy atom. The van der Waals surface area contributed by atoms with Crippen LogP contribution in [0.2, 0.25) is 0 Å². The highest BCUT2D eigenvalue weighted by Gasteiger charge is 2.27. The van der Waals surface area contributed by atoms with Gasteiger partial charge in [0.1, 0.15) is 5.70 Å². The third-order valence-corrected chi connectivity index (χ3v) is 4.99. The maximum Gasteiger partial charge on any atom is 0.326 e. The number of rotatable bonds is 3. The molecule has 0 spiro atoms. The van der Waals surface area contributed by atoms with E-state index in [1.165, 1.54) is 0 Å². The summed E-state index contributed by atoms with van der Waals surface area (Å²) >= 11 is 0. The van der Waals surface area contributed by atoms with Crippen LogP contribution >= 0.6 is 0 Å². The Morgan fingerprint density at radius 1 is 1.12 bits per heavy atom. The molecule has 3 amide bonds. The number of carbonyl (C=O) groups excluding carboxylic acids is 2. The van der Waals surface area contributed by atoms with Crippen LogP contribution in [0.5, 0.6) is 0 Å². The summed E-state index contributed by atoms with van der Waals surface area (Å²) in [6.45, 7) is 5.48. The van der Waals surface area contributed by atoms with Gasteiger partial charge in [-0.1, -0.05) is 0 Å². The molecule has 1 aromatic heterocycles. The number of ether oxygens (including phenoxy) is 1. The number of imide groups is 1. The predicted octanol–water partition coefficient (Wildman–Crippen LogP) is -0.0421. The molecule has 4 rings (SSSR count). The lowest BCUT2D eigenvalue weighted by atomic mass is 10.0. The van der Waals surface area contributed by atoms with Gasteiger partial charge in [-0.25, -0.2) is 14.8 Å². The lowest BCUT2D eigenvalue weighted by molar-refractivity contribution is -0.115. The molecule has 9 heteroatoms. The fourth-order valence-corrected chi connectivity index (χ4v) is 3.60. The first-order valence-corrected chi connectivity index (χ1v) is 8.93. The van der Waals surface area contributed by atoms with Crippen molar-refractivity contribution in [2.24, 2.45) is 0 Å². The van der Waals surface area contributed by atoms with Crippen LogP contribution in [0.4, 0.5) is 10.7 Å². The van der Waals surface area contributed by atoms with E-state index in [2.05, 4.69) is 30.4 Å². The monoisotopic (exact) mass is 358 g/mol. The Balaban J connectivity index is 1.40. The third-order valence-electron chi connectivity index (χ3n) is 4.99. The second-order valence-corrected chi connectivity index (χ2v) is 6.61. The number of nitrogens with zero attached hydrogens (tertiary/aromatic N) is 4. The maximum atomic E-state index is 11.6. The number of anilines is 1. The minimum Gasteiger partial charge on any atom is -0.379 e. The van der Waals surface area contributed by atoms with Gasteiger partial charge in [-0.05, 0) is 25.0 Å². The van der Waals surface area contributed by atoms with Gasteiger partial charge < -0.3 is 15.0 Å². The fraction of sp³-hybridized carbons (Fsp3) is 0.529. The first-order valence-electron chi connectivity index (χ1n) is 8.93. The predicted molar refractivity (Wildman–Crippen MR) is 94.3 cm³/mol. The van der Waals surface area contributed by atoms with Gasteiger partial charge >= 0.3 is 6.03 Å². The van der Waals surface area contributed by atoms with Crippen LogP contribution in [0.1, 0.15) is 18.5 Å². The molecule has 26 heavy (non-hydrogen) atoms. The average Bonchev–Trinajstić information content (AvgIpc) is 3.00. The van der Waals surface area contributed by atoms with Crippen LogP contribution in [0.3, 0.4) is 0 Å². The molecule has 0 atom stereocenters. The van der Waals surface area contributed by atoms with Crippen LogP contribution in [0.15, 0.2) is 18.0 Å². The van der Waals surface area contributed by atoms with E-state index in [9.17, 15) is 9.59 Å². The van der Waals surface area contributed by atoms with Crippen molar-refractivity contribution in [2.75, 3.05) is 44.3 Å². The first-order chi connectivity index (χ1) is 12.7. The summed E-state index contributed by atoms with van der Waals surface area (Å²) in [6, 6.07) is 1.80. The van der Waals surface area contributed by atoms with Crippen LogP contribution in [0, 0.1) is 0 Å². The van der Waals surface area contributed by atoms with E-state index in [1.54, 1.807) is 18.3 Å². The number of amides is 3. The fourth-order valence-electron chi connectivity index (χ4n) is 3.60. The zero-order valence-corrected chi connectivity index (χ0v) is 14.5. The number of morpholine rings is 1. The molecule has 3 saturated heterocycles. The van der Waals surface area contributed by atoms with Crippen molar-refractivity contribution in [3.8, 4) is 0 Å². The maximum absolute atomic E-state index is 11.6. The molecule has 3 fully saturated rings. The van der Waals surface area contributed by atoms with Gasteiger partial charge in [0.25, 0.3) is 5.91 Å². The van der Waals surface area contributed by atoms with Gasteiger partial charge in [-0.3, -0.25) is 15.0 Å². The Labute approximate surface area is 151 Å². The SMILES string of the molecule is O=C1NC(=O)C(=Cc2ccnc(N3CCC(N4CCOCC4)CC3)n2)N1. The summed E-state index contributed by atoms with van der Waals surface area (Å²) in [5.74, 6) is 0.214. The lowest BCUT2D eigenvalue weighted by Crippen LogP contribution is -2.49. The molecule has 4 heterocycles. The molecule has 3 aliphatic heterocycles. The summed E-state index contributed by atoms with van der Waals surface area (Å²) < 4.78 is 5.43. The molecule has 0 radical (unpaired) electrons. The zero-order chi connectivity index (χ0) is 17.9. The number of hydrogen-bond donors (Lipinski definition) is 2. The van der Waals surface area contributed by atoms with E-state index in [0.29, 0.717) is 17.7 Å². The molecule has 138 valence electrons. The van der Waals surface area contributed by atoms with Gasteiger partial charge in [-0.2, -0.15) is 0 Å². The van der Waals surface area contributed by atoms with Crippen molar-refractivity contribution >= 4 is 24.0 Å². The summed E-state index contributed by atoms with van der Waals surface area (Å²) in [4.78, 5) is 36.4. The van der Waals surface area contributed by atoms with Gasteiger partial charge in [0, 0.05) is 38.4 Å². The molecule has 3 aliphatic rings. The van der Waals surface area contributed by atoms with Gasteiger partial charge in [0.15, 0.2) is 0 Å². The van der Waals surface area contributed by atoms with Gasteiger partial charge in [-0.15, -0.1) is 0 Å². The van der Waals surface area contributed by atoms with Crippen molar-refractivity contribution < 1.29 is 14.3 Å². The Morgan fingerprint density at radius 3 is 2.58 bits per heavy atom. The van der Waals surface area contributed by atoms with E-state index < -0.39 is 11.9 Å². The second kappa shape index (κ2) is 7.38. The quantitative estimate of drug-likeness (QED) is 0.578. The standard InChI is InChI=1S/C17H22N6O3/c24-15-14(20-17(25)21-15)11-12-1-4-18-16(19-12)23-5-2-13(3-6-23)22-7-9-26-10-8-22/h1,4,11,13H,2-3,5-10H2,(H2,20,21,24,25). The molecule has 2 N–H and O–H groups in total. The summed E-state index contributed by atoms with van der Waals surface area (Å²) in [5.41, 5.74) is 0.795. The van der Waals surface area contributed by atoms with Crippen molar-refractivity contribution in [1.82, 2.24) is 25.5 Å². The van der Waals surface area contributed by atoms with E-state index in [-0.39, 0.29) is 5.70 Å². The molecule has 0 bridgehead atoms. The highest BCUT2D eigenvalue weighted by molar-refractivity contribution is 6.13. The van der Waals surface area contributed by atoms with Gasteiger partial charge in [0.2, 0.25) is 5.95 Å². The normalized spacial score (nSPS) is 24.0. The van der Waals surface area contributed by atoms with Crippen molar-refractivity contribution in [1.29, 1.82) is 0 Å². The highest BCUT2D eigenvalue weighted by Crippen LogP contribution is 2.21. The molecular formula is C17H22N6O3. The van der Waals surface area contributed by atoms with E-state index >= 15 is 0 Å². The molecule has 1 aromatic rings. The summed E-state index contributed by atoms with van der Waals surface area (Å²) in [7, 11) is 0. The molecule has 0 saturated carbocycles. The summed E-state index contributed by atoms with van der Waals surface area (Å²) in [5, 5.41) is 4.64. The number of piperidine rings is 1. The Hall–Kier alpha value is -2.52. The number of hydrogen-bond acceptors (Lipinski definition) is 7. The van der Waals surface area contributed by atoms with Crippen molar-refractivity contribution in [3.63, 3.8) is 0 Å². The van der Waals surface area contributed by atoms with Crippen molar-refractivity contribution in [3.05, 3.63) is 23.7 Å². The minimum atomic E-state index is -0.513. The lowest BCUT2D eigenvalue weighted by Gasteiger charge is -2.40. The molecule has 0 aliphatic carbocycles. The van der Waals surface area contributed by atoms with Crippen LogP contribution < -0.4 is 15.5 Å². The first kappa shape index (κ1) is 16.9. The molecule has 0 unspecified atom stereocenters. The minimum absolute atomic E-state index is 0.200. The molecule has 0 aromatic carbocycles. The number of carbonyl (C=O) groups is 2. The highest BCUT2D eigenvalue weighted by atomic mass is 16.5. The second-order valence-electron chi connectivity index (χ2n) is 6.61. The topological polar surface area (TPSA) is 99.7 Å². The average molecular weight is 358 g/mol. The number of nitrogens with one attached hydrogen (secondary N) is 2. The number of aromatic nitrogens is 2. The zero-order valence-electron chi connectivity index (χ0n) is 14.5. The van der Waals surface area contributed by atoms with E-state index in [4.69, 9.17) is 4.74 Å². The van der Waals surface area contributed by atoms with Crippen LogP contribution in [-0.2, 0) is 9.53 Å². The molecular weight excluding hydrogens is 336 g/mol. The van der Waals surface area contributed by atoms with E-state index in [0.717, 1.165) is 52.2 Å². The Bertz CT molecular complexity index is 723. The number of urea groups is 1. The van der Waals surface area contributed by atoms with Crippen LogP contribution in [0.25, 0.3) is 6.08 Å². The Kier molecular flexibility index (Phi) is 4.81. The van der Waals surface area contributed by atoms with E-state index in [1.807, 2.05) is 0 Å². The molecule has 9 nitrogen and oxygen atoms in total. The smallest absolute Gasteiger partial charge is 0.326 e. The van der Waals surface area contributed by atoms with Gasteiger partial charge in [0.05, 0.1) is 18.9 Å². The van der Waals surface area contributed by atoms with Crippen molar-refractivity contribution in [2.45, 2.75) is 18.9 Å². The summed E-state index contributed by atoms with van der Waals surface area (Å²) in [6.07, 6.45) is 5.39. The van der Waals surface area contributed by atoms with Crippen LogP contribution in [-0.4, -0.2) is 72.2 Å². The third kappa shape index (κ3) is 3.68.